The highest BCUT2D eigenvalue weighted by Gasteiger charge is 2.19. The number of anilines is 1. The van der Waals surface area contributed by atoms with Gasteiger partial charge in [0.15, 0.2) is 5.69 Å². The molecule has 1 unspecified atom stereocenters. The lowest BCUT2D eigenvalue weighted by Gasteiger charge is -2.13. The van der Waals surface area contributed by atoms with Crippen molar-refractivity contribution in [3.63, 3.8) is 0 Å². The number of aryl methyl sites for hydroxylation is 1. The van der Waals surface area contributed by atoms with Crippen molar-refractivity contribution in [1.29, 1.82) is 0 Å². The average molecular weight is 439 g/mol. The maximum absolute atomic E-state index is 12.8. The molecule has 9 nitrogen and oxygen atoms in total. The summed E-state index contributed by atoms with van der Waals surface area (Å²) in [5.41, 5.74) is 0.750. The van der Waals surface area contributed by atoms with Gasteiger partial charge in [0.2, 0.25) is 5.89 Å². The molecule has 1 atom stereocenters. The fourth-order valence-corrected chi connectivity index (χ4v) is 4.08. The van der Waals surface area contributed by atoms with Crippen LogP contribution in [0.25, 0.3) is 22.4 Å². The van der Waals surface area contributed by atoms with Gasteiger partial charge >= 0.3 is 5.63 Å². The summed E-state index contributed by atoms with van der Waals surface area (Å²) < 4.78 is 33.4. The van der Waals surface area contributed by atoms with Crippen molar-refractivity contribution in [3.05, 3.63) is 87.9 Å². The van der Waals surface area contributed by atoms with Crippen LogP contribution in [-0.2, 0) is 10.0 Å². The second-order valence-electron chi connectivity index (χ2n) is 6.81. The van der Waals surface area contributed by atoms with Crippen molar-refractivity contribution in [1.82, 2.24) is 4.98 Å². The Balaban J connectivity index is 1.78. The summed E-state index contributed by atoms with van der Waals surface area (Å²) in [6.45, 7) is 1.85. The second kappa shape index (κ2) is 7.93. The molecule has 0 bridgehead atoms. The third kappa shape index (κ3) is 4.18. The molecule has 0 amide bonds. The molecule has 0 saturated carbocycles. The van der Waals surface area contributed by atoms with Crippen LogP contribution in [0.5, 0.6) is 0 Å². The van der Waals surface area contributed by atoms with E-state index in [-0.39, 0.29) is 38.6 Å². The third-order valence-electron chi connectivity index (χ3n) is 4.61. The first kappa shape index (κ1) is 20.7. The molecule has 0 aliphatic rings. The van der Waals surface area contributed by atoms with E-state index in [1.807, 2.05) is 6.92 Å². The Labute approximate surface area is 176 Å². The molecule has 31 heavy (non-hydrogen) atoms. The predicted molar refractivity (Wildman–Crippen MR) is 113 cm³/mol. The zero-order chi connectivity index (χ0) is 22.2. The Hall–Kier alpha value is -3.57. The normalized spacial score (nSPS) is 12.6. The average Bonchev–Trinajstić information content (AvgIpc) is 2.74. The largest absolute Gasteiger partial charge is 0.595 e. The Morgan fingerprint density at radius 1 is 1.06 bits per heavy atom. The number of nitrogens with zero attached hydrogens (tertiary/aromatic N) is 1. The van der Waals surface area contributed by atoms with E-state index >= 15 is 0 Å². The molecule has 1 heterocycles. The van der Waals surface area contributed by atoms with Crippen LogP contribution in [-0.4, -0.2) is 18.6 Å². The van der Waals surface area contributed by atoms with Gasteiger partial charge in [-0.25, -0.2) is 23.4 Å². The van der Waals surface area contributed by atoms with Gasteiger partial charge in [0, 0.05) is 12.1 Å². The van der Waals surface area contributed by atoms with Crippen molar-refractivity contribution >= 4 is 32.3 Å². The number of para-hydroxylation sites is 1. The van der Waals surface area contributed by atoms with Crippen LogP contribution in [0.3, 0.4) is 0 Å². The number of hydrogen-bond donors (Lipinski definition) is 3. The molecular formula is C21H17N3O6S. The molecule has 0 aliphatic heterocycles. The fourth-order valence-electron chi connectivity index (χ4n) is 3.00. The van der Waals surface area contributed by atoms with Crippen LogP contribution in [0.15, 0.2) is 80.8 Å². The van der Waals surface area contributed by atoms with Crippen molar-refractivity contribution in [2.45, 2.75) is 11.8 Å². The summed E-state index contributed by atoms with van der Waals surface area (Å²) in [5.74, 6) is -0.0946. The first-order valence-electron chi connectivity index (χ1n) is 9.12. The van der Waals surface area contributed by atoms with Gasteiger partial charge in [-0.2, -0.15) is 5.23 Å². The zero-order valence-electron chi connectivity index (χ0n) is 16.2. The van der Waals surface area contributed by atoms with Gasteiger partial charge in [0.05, 0.1) is 27.0 Å². The Kier molecular flexibility index (Phi) is 5.29. The van der Waals surface area contributed by atoms with Crippen LogP contribution in [0.2, 0.25) is 0 Å². The number of quaternary nitrogens is 1. The van der Waals surface area contributed by atoms with Crippen LogP contribution in [0.4, 0.5) is 11.4 Å². The number of aromatic nitrogens is 1. The maximum atomic E-state index is 12.8. The van der Waals surface area contributed by atoms with E-state index in [0.29, 0.717) is 0 Å². The molecule has 0 aliphatic carbocycles. The van der Waals surface area contributed by atoms with Crippen LogP contribution >= 0.6 is 0 Å². The van der Waals surface area contributed by atoms with E-state index in [1.54, 1.807) is 30.3 Å². The van der Waals surface area contributed by atoms with Gasteiger partial charge < -0.3 is 9.62 Å². The minimum Gasteiger partial charge on any atom is -0.595 e. The first-order chi connectivity index (χ1) is 14.7. The molecule has 4 rings (SSSR count). The number of benzene rings is 3. The van der Waals surface area contributed by atoms with Crippen molar-refractivity contribution < 1.29 is 23.3 Å². The maximum Gasteiger partial charge on any atom is 0.347 e. The quantitative estimate of drug-likeness (QED) is 0.406. The third-order valence-corrected chi connectivity index (χ3v) is 5.99. The standard InChI is InChI=1S/C21H17N3O6S/c1-13-6-9-15(10-7-13)31(28,29)23-19-5-3-2-4-16(19)20-22-18-11-8-14(24(26)27)12-17(18)21(25)30-20/h2-12,23-24,26H,1H3. The van der Waals surface area contributed by atoms with E-state index < -0.39 is 20.9 Å². The number of nitrogens with one attached hydrogen (secondary N) is 2. The second-order valence-corrected chi connectivity index (χ2v) is 8.49. The number of hydrogen-bond acceptors (Lipinski definition) is 7. The van der Waals surface area contributed by atoms with Crippen LogP contribution in [0, 0.1) is 12.1 Å². The number of rotatable bonds is 5. The van der Waals surface area contributed by atoms with Crippen molar-refractivity contribution in [2.24, 2.45) is 0 Å². The lowest BCUT2D eigenvalue weighted by molar-refractivity contribution is -0.991. The summed E-state index contributed by atoms with van der Waals surface area (Å²) in [4.78, 5) is 16.8. The lowest BCUT2D eigenvalue weighted by atomic mass is 10.1. The smallest absolute Gasteiger partial charge is 0.347 e. The summed E-state index contributed by atoms with van der Waals surface area (Å²) in [7, 11) is -3.89. The summed E-state index contributed by atoms with van der Waals surface area (Å²) in [6, 6.07) is 16.7. The van der Waals surface area contributed by atoms with Crippen LogP contribution < -0.4 is 15.6 Å². The summed E-state index contributed by atoms with van der Waals surface area (Å²) in [5, 5.41) is 19.1. The zero-order valence-corrected chi connectivity index (χ0v) is 17.0. The summed E-state index contributed by atoms with van der Waals surface area (Å²) >= 11 is 0. The molecular weight excluding hydrogens is 422 g/mol. The van der Waals surface area contributed by atoms with Gasteiger partial charge in [-0.05, 0) is 37.3 Å². The van der Waals surface area contributed by atoms with Gasteiger partial charge in [-0.3, -0.25) is 4.72 Å². The van der Waals surface area contributed by atoms with Crippen molar-refractivity contribution in [3.8, 4) is 11.5 Å². The molecule has 0 saturated heterocycles. The van der Waals surface area contributed by atoms with Gasteiger partial charge in [-0.1, -0.05) is 29.8 Å². The topological polar surface area (TPSA) is 137 Å². The van der Waals surface area contributed by atoms with E-state index in [2.05, 4.69) is 9.71 Å². The number of fused-ring (bicyclic) bond motifs is 1. The molecule has 3 aromatic carbocycles. The number of sulfonamides is 1. The van der Waals surface area contributed by atoms with Gasteiger partial charge in [0.25, 0.3) is 10.0 Å². The summed E-state index contributed by atoms with van der Waals surface area (Å²) in [6.07, 6.45) is 0. The van der Waals surface area contributed by atoms with Crippen LogP contribution in [0.1, 0.15) is 5.56 Å². The SMILES string of the molecule is Cc1ccc(S(=O)(=O)Nc2ccccc2-c2nc3ccc([NH+]([O-])O)cc3c(=O)o2)cc1. The Morgan fingerprint density at radius 3 is 2.48 bits per heavy atom. The molecule has 4 aromatic rings. The Bertz CT molecular complexity index is 1430. The van der Waals surface area contributed by atoms with Gasteiger partial charge in [0.1, 0.15) is 0 Å². The molecule has 10 heteroatoms. The van der Waals surface area contributed by atoms with E-state index in [0.717, 1.165) is 5.56 Å². The Morgan fingerprint density at radius 2 is 1.77 bits per heavy atom. The molecule has 0 fully saturated rings. The predicted octanol–water partition coefficient (Wildman–Crippen LogP) is 2.37. The van der Waals surface area contributed by atoms with E-state index in [9.17, 15) is 18.4 Å². The van der Waals surface area contributed by atoms with Crippen molar-refractivity contribution in [2.75, 3.05) is 4.72 Å². The van der Waals surface area contributed by atoms with E-state index in [1.165, 1.54) is 36.4 Å². The highest BCUT2D eigenvalue weighted by atomic mass is 32.2. The molecule has 158 valence electrons. The molecule has 0 spiro atoms. The lowest BCUT2D eigenvalue weighted by Crippen LogP contribution is -2.99. The minimum absolute atomic E-state index is 0.0152. The fraction of sp³-hybridized carbons (Fsp3) is 0.0476. The first-order valence-corrected chi connectivity index (χ1v) is 10.6. The highest BCUT2D eigenvalue weighted by molar-refractivity contribution is 7.92. The van der Waals surface area contributed by atoms with E-state index in [4.69, 9.17) is 9.62 Å². The molecule has 0 radical (unpaired) electrons. The molecule has 3 N–H and O–H groups in total. The minimum atomic E-state index is -3.89. The molecule has 1 aromatic heterocycles. The monoisotopic (exact) mass is 439 g/mol. The highest BCUT2D eigenvalue weighted by Crippen LogP contribution is 2.29. The van der Waals surface area contributed by atoms with Gasteiger partial charge in [-0.15, -0.1) is 0 Å².